The molecule has 0 bridgehead atoms. The minimum absolute atomic E-state index is 0.0759. The molecule has 1 amide bonds. The maximum atomic E-state index is 11.9. The molecular formula is C23H25ClN2O4. The lowest BCUT2D eigenvalue weighted by Crippen LogP contribution is -2.32. The minimum Gasteiger partial charge on any atom is -0.449 e. The van der Waals surface area contributed by atoms with Gasteiger partial charge in [0.1, 0.15) is 13.2 Å². The standard InChI is InChI=1S/C15H18N2O2.C8H7ClO2/c16-11-13-7-4-9-17(10-8-13)15(18)19-12-14-5-2-1-3-6-14;9-8(10)11-6-7-4-2-1-3-5-7/h1-3,5-6,13H,4,7-10,12H2;1-5H,6H2/t13-;/m1./s1. The van der Waals surface area contributed by atoms with E-state index in [1.165, 1.54) is 0 Å². The first-order chi connectivity index (χ1) is 14.6. The van der Waals surface area contributed by atoms with Gasteiger partial charge in [-0.2, -0.15) is 5.26 Å². The smallest absolute Gasteiger partial charge is 0.410 e. The van der Waals surface area contributed by atoms with Crippen LogP contribution in [0.1, 0.15) is 30.4 Å². The van der Waals surface area contributed by atoms with Crippen molar-refractivity contribution in [2.24, 2.45) is 5.92 Å². The summed E-state index contributed by atoms with van der Waals surface area (Å²) >= 11 is 4.97. The van der Waals surface area contributed by atoms with Crippen LogP contribution in [0.4, 0.5) is 9.59 Å². The second kappa shape index (κ2) is 13.2. The molecular weight excluding hydrogens is 404 g/mol. The molecule has 0 radical (unpaired) electrons. The predicted molar refractivity (Wildman–Crippen MR) is 114 cm³/mol. The molecule has 2 aromatic carbocycles. The zero-order valence-corrected chi connectivity index (χ0v) is 17.5. The first kappa shape index (κ1) is 23.2. The highest BCUT2D eigenvalue weighted by Crippen LogP contribution is 2.17. The first-order valence-electron chi connectivity index (χ1n) is 9.80. The van der Waals surface area contributed by atoms with Crippen LogP contribution in [0.5, 0.6) is 0 Å². The summed E-state index contributed by atoms with van der Waals surface area (Å²) in [6.45, 7) is 1.85. The van der Waals surface area contributed by atoms with Crippen molar-refractivity contribution in [2.75, 3.05) is 13.1 Å². The first-order valence-corrected chi connectivity index (χ1v) is 10.2. The van der Waals surface area contributed by atoms with Gasteiger partial charge in [0.15, 0.2) is 0 Å². The van der Waals surface area contributed by atoms with Gasteiger partial charge in [0.05, 0.1) is 6.07 Å². The van der Waals surface area contributed by atoms with E-state index in [9.17, 15) is 9.59 Å². The summed E-state index contributed by atoms with van der Waals surface area (Å²) in [5, 5.41) is 8.91. The third kappa shape index (κ3) is 8.97. The van der Waals surface area contributed by atoms with Crippen LogP contribution in [0.15, 0.2) is 60.7 Å². The Hall–Kier alpha value is -3.04. The average Bonchev–Trinajstić information content (AvgIpc) is 3.04. The quantitative estimate of drug-likeness (QED) is 0.599. The van der Waals surface area contributed by atoms with Crippen molar-refractivity contribution in [3.8, 4) is 6.07 Å². The Morgan fingerprint density at radius 1 is 0.933 bits per heavy atom. The molecule has 0 unspecified atom stereocenters. The minimum atomic E-state index is -0.770. The van der Waals surface area contributed by atoms with E-state index in [1.807, 2.05) is 60.7 Å². The molecule has 6 nitrogen and oxygen atoms in total. The number of nitrogens with zero attached hydrogens (tertiary/aromatic N) is 2. The van der Waals surface area contributed by atoms with Crippen molar-refractivity contribution < 1.29 is 19.1 Å². The van der Waals surface area contributed by atoms with Crippen molar-refractivity contribution >= 4 is 23.1 Å². The molecule has 3 rings (SSSR count). The van der Waals surface area contributed by atoms with Crippen LogP contribution in [0.3, 0.4) is 0 Å². The molecule has 1 fully saturated rings. The fraction of sp³-hybridized carbons (Fsp3) is 0.348. The number of likely N-dealkylation sites (tertiary alicyclic amines) is 1. The molecule has 30 heavy (non-hydrogen) atoms. The lowest BCUT2D eigenvalue weighted by molar-refractivity contribution is 0.0972. The van der Waals surface area contributed by atoms with Gasteiger partial charge >= 0.3 is 11.5 Å². The van der Waals surface area contributed by atoms with Gasteiger partial charge in [-0.25, -0.2) is 9.59 Å². The summed E-state index contributed by atoms with van der Waals surface area (Å²) < 4.78 is 9.85. The Labute approximate surface area is 182 Å². The van der Waals surface area contributed by atoms with Gasteiger partial charge < -0.3 is 14.4 Å². The van der Waals surface area contributed by atoms with Gasteiger partial charge in [-0.15, -0.1) is 0 Å². The number of hydrogen-bond acceptors (Lipinski definition) is 5. The van der Waals surface area contributed by atoms with Crippen molar-refractivity contribution in [2.45, 2.75) is 32.5 Å². The molecule has 0 aromatic heterocycles. The van der Waals surface area contributed by atoms with Gasteiger partial charge in [-0.05, 0) is 30.4 Å². The Morgan fingerprint density at radius 3 is 2.03 bits per heavy atom. The molecule has 0 aliphatic carbocycles. The van der Waals surface area contributed by atoms with E-state index in [0.29, 0.717) is 19.7 Å². The highest BCUT2D eigenvalue weighted by Gasteiger charge is 2.21. The molecule has 0 spiro atoms. The second-order valence-electron chi connectivity index (χ2n) is 6.80. The molecule has 1 atom stereocenters. The molecule has 158 valence electrons. The highest BCUT2D eigenvalue weighted by molar-refractivity contribution is 6.61. The van der Waals surface area contributed by atoms with Crippen LogP contribution in [0, 0.1) is 17.2 Å². The number of ether oxygens (including phenoxy) is 2. The van der Waals surface area contributed by atoms with Gasteiger partial charge in [0.25, 0.3) is 0 Å². The van der Waals surface area contributed by atoms with Crippen LogP contribution >= 0.6 is 11.6 Å². The van der Waals surface area contributed by atoms with E-state index in [0.717, 1.165) is 30.4 Å². The lowest BCUT2D eigenvalue weighted by atomic mass is 10.0. The van der Waals surface area contributed by atoms with Crippen molar-refractivity contribution in [1.82, 2.24) is 4.90 Å². The SMILES string of the molecule is N#C[C@@H]1CCCN(C(=O)OCc2ccccc2)CC1.O=C(Cl)OCc1ccccc1. The molecule has 0 N–H and O–H groups in total. The van der Waals surface area contributed by atoms with E-state index < -0.39 is 5.43 Å². The summed E-state index contributed by atoms with van der Waals surface area (Å²) in [5.41, 5.74) is 1.15. The van der Waals surface area contributed by atoms with Crippen molar-refractivity contribution in [3.63, 3.8) is 0 Å². The summed E-state index contributed by atoms with van der Waals surface area (Å²) in [4.78, 5) is 23.8. The molecule has 1 saturated heterocycles. The highest BCUT2D eigenvalue weighted by atomic mass is 35.5. The third-order valence-electron chi connectivity index (χ3n) is 4.57. The van der Waals surface area contributed by atoms with Gasteiger partial charge in [-0.1, -0.05) is 60.7 Å². The molecule has 1 aliphatic rings. The topological polar surface area (TPSA) is 79.6 Å². The zero-order valence-electron chi connectivity index (χ0n) is 16.7. The number of rotatable bonds is 4. The molecule has 7 heteroatoms. The molecule has 2 aromatic rings. The maximum Gasteiger partial charge on any atom is 0.410 e. The number of benzene rings is 2. The fourth-order valence-electron chi connectivity index (χ4n) is 2.93. The summed E-state index contributed by atoms with van der Waals surface area (Å²) in [5.74, 6) is 0.0759. The summed E-state index contributed by atoms with van der Waals surface area (Å²) in [6.07, 6.45) is 2.22. The van der Waals surface area contributed by atoms with E-state index in [1.54, 1.807) is 4.90 Å². The molecule has 1 heterocycles. The Balaban J connectivity index is 0.000000248. The largest absolute Gasteiger partial charge is 0.449 e. The van der Waals surface area contributed by atoms with Crippen LogP contribution in [0.2, 0.25) is 0 Å². The Bertz CT molecular complexity index is 824. The Kier molecular flexibility index (Phi) is 10.3. The zero-order chi connectivity index (χ0) is 21.6. The molecule has 1 aliphatic heterocycles. The van der Waals surface area contributed by atoms with Crippen LogP contribution in [-0.2, 0) is 22.7 Å². The number of halogens is 1. The monoisotopic (exact) mass is 428 g/mol. The van der Waals surface area contributed by atoms with Gasteiger partial charge in [-0.3, -0.25) is 0 Å². The fourth-order valence-corrected chi connectivity index (χ4v) is 2.99. The second-order valence-corrected chi connectivity index (χ2v) is 7.10. The normalized spacial score (nSPS) is 15.6. The number of amides is 1. The average molecular weight is 429 g/mol. The van der Waals surface area contributed by atoms with E-state index in [-0.39, 0.29) is 18.6 Å². The molecule has 0 saturated carbocycles. The van der Waals surface area contributed by atoms with Gasteiger partial charge in [0, 0.05) is 30.6 Å². The predicted octanol–water partition coefficient (Wildman–Crippen LogP) is 5.51. The number of carbonyl (C=O) groups excluding carboxylic acids is 2. The van der Waals surface area contributed by atoms with E-state index in [2.05, 4.69) is 10.8 Å². The van der Waals surface area contributed by atoms with Crippen LogP contribution < -0.4 is 0 Å². The lowest BCUT2D eigenvalue weighted by Gasteiger charge is -2.19. The summed E-state index contributed by atoms with van der Waals surface area (Å²) in [7, 11) is 0. The van der Waals surface area contributed by atoms with E-state index >= 15 is 0 Å². The number of nitriles is 1. The Morgan fingerprint density at radius 2 is 1.50 bits per heavy atom. The van der Waals surface area contributed by atoms with E-state index in [4.69, 9.17) is 21.6 Å². The van der Waals surface area contributed by atoms with Crippen molar-refractivity contribution in [3.05, 3.63) is 71.8 Å². The maximum absolute atomic E-state index is 11.9. The third-order valence-corrected chi connectivity index (χ3v) is 4.68. The van der Waals surface area contributed by atoms with Crippen LogP contribution in [0.25, 0.3) is 0 Å². The van der Waals surface area contributed by atoms with Crippen LogP contribution in [-0.4, -0.2) is 29.5 Å². The van der Waals surface area contributed by atoms with Gasteiger partial charge in [0.2, 0.25) is 0 Å². The number of carbonyl (C=O) groups is 2. The summed E-state index contributed by atoms with van der Waals surface area (Å²) in [6, 6.07) is 21.3. The number of hydrogen-bond donors (Lipinski definition) is 0. The van der Waals surface area contributed by atoms with Crippen molar-refractivity contribution in [1.29, 1.82) is 5.26 Å².